The predicted molar refractivity (Wildman–Crippen MR) is 89.0 cm³/mol. The van der Waals surface area contributed by atoms with Gasteiger partial charge in [0.05, 0.1) is 0 Å². The van der Waals surface area contributed by atoms with Gasteiger partial charge in [-0.05, 0) is 54.9 Å². The van der Waals surface area contributed by atoms with Crippen LogP contribution in [-0.4, -0.2) is 6.54 Å². The van der Waals surface area contributed by atoms with Crippen molar-refractivity contribution in [2.24, 2.45) is 0 Å². The van der Waals surface area contributed by atoms with Gasteiger partial charge in [-0.25, -0.2) is 0 Å². The second kappa shape index (κ2) is 7.94. The average molecular weight is 326 g/mol. The van der Waals surface area contributed by atoms with Gasteiger partial charge in [0.15, 0.2) is 0 Å². The summed E-state index contributed by atoms with van der Waals surface area (Å²) in [6.45, 7) is 3.98. The summed E-state index contributed by atoms with van der Waals surface area (Å²) in [7, 11) is 0. The number of benzene rings is 2. The Kier molecular flexibility index (Phi) is 6.24. The maximum atomic E-state index is 6.33. The van der Waals surface area contributed by atoms with Gasteiger partial charge in [-0.3, -0.25) is 0 Å². The van der Waals surface area contributed by atoms with Crippen molar-refractivity contribution in [3.63, 3.8) is 0 Å². The van der Waals surface area contributed by atoms with Crippen LogP contribution >= 0.6 is 35.0 Å². The Hall–Kier alpha value is -0.670. The molecule has 0 unspecified atom stereocenters. The fourth-order valence-electron chi connectivity index (χ4n) is 1.77. The molecular weight excluding hydrogens is 309 g/mol. The molecule has 0 heterocycles. The van der Waals surface area contributed by atoms with E-state index in [1.165, 1.54) is 0 Å². The molecule has 0 saturated carbocycles. The van der Waals surface area contributed by atoms with Crippen LogP contribution in [0.4, 0.5) is 0 Å². The molecule has 0 aliphatic rings. The van der Waals surface area contributed by atoms with E-state index in [0.717, 1.165) is 44.9 Å². The van der Waals surface area contributed by atoms with Crippen LogP contribution in [0, 0.1) is 0 Å². The zero-order valence-electron chi connectivity index (χ0n) is 11.3. The van der Waals surface area contributed by atoms with E-state index in [2.05, 4.69) is 24.4 Å². The molecule has 0 fully saturated rings. The molecule has 106 valence electrons. The van der Waals surface area contributed by atoms with E-state index in [9.17, 15) is 0 Å². The summed E-state index contributed by atoms with van der Waals surface area (Å²) in [5, 5.41) is 4.93. The fraction of sp³-hybridized carbons (Fsp3) is 0.250. The van der Waals surface area contributed by atoms with Gasteiger partial charge >= 0.3 is 0 Å². The zero-order valence-corrected chi connectivity index (χ0v) is 13.7. The lowest BCUT2D eigenvalue weighted by Crippen LogP contribution is -2.13. The summed E-state index contributed by atoms with van der Waals surface area (Å²) in [6.07, 6.45) is 1.13. The molecule has 1 nitrogen and oxygen atoms in total. The van der Waals surface area contributed by atoms with E-state index < -0.39 is 0 Å². The summed E-state index contributed by atoms with van der Waals surface area (Å²) in [4.78, 5) is 2.29. The standard InChI is InChI=1S/C16H17Cl2NS/c1-2-9-19-11-12-3-6-15(10-16(12)18)20-14-7-4-13(17)5-8-14/h3-8,10,19H,2,9,11H2,1H3. The van der Waals surface area contributed by atoms with Crippen LogP contribution in [0.1, 0.15) is 18.9 Å². The van der Waals surface area contributed by atoms with Gasteiger partial charge in [0, 0.05) is 26.4 Å². The molecule has 4 heteroatoms. The van der Waals surface area contributed by atoms with Crippen molar-refractivity contribution in [2.45, 2.75) is 29.7 Å². The second-order valence-electron chi connectivity index (χ2n) is 4.49. The van der Waals surface area contributed by atoms with E-state index in [1.54, 1.807) is 11.8 Å². The first-order chi connectivity index (χ1) is 9.69. The molecule has 2 aromatic carbocycles. The summed E-state index contributed by atoms with van der Waals surface area (Å²) >= 11 is 13.9. The molecule has 0 aromatic heterocycles. The summed E-state index contributed by atoms with van der Waals surface area (Å²) in [5.74, 6) is 0. The monoisotopic (exact) mass is 325 g/mol. The minimum atomic E-state index is 0.754. The summed E-state index contributed by atoms with van der Waals surface area (Å²) in [6, 6.07) is 14.0. The van der Waals surface area contributed by atoms with Gasteiger partial charge in [-0.15, -0.1) is 0 Å². The van der Waals surface area contributed by atoms with E-state index in [4.69, 9.17) is 23.2 Å². The molecule has 2 rings (SSSR count). The Labute approximate surface area is 134 Å². The highest BCUT2D eigenvalue weighted by atomic mass is 35.5. The van der Waals surface area contributed by atoms with Crippen molar-refractivity contribution in [1.29, 1.82) is 0 Å². The first-order valence-electron chi connectivity index (χ1n) is 6.61. The van der Waals surface area contributed by atoms with Crippen LogP contribution in [0.3, 0.4) is 0 Å². The van der Waals surface area contributed by atoms with E-state index in [-0.39, 0.29) is 0 Å². The first-order valence-corrected chi connectivity index (χ1v) is 8.19. The molecular formula is C16H17Cl2NS. The van der Waals surface area contributed by atoms with E-state index >= 15 is 0 Å². The topological polar surface area (TPSA) is 12.0 Å². The number of hydrogen-bond donors (Lipinski definition) is 1. The van der Waals surface area contributed by atoms with E-state index in [1.807, 2.05) is 30.3 Å². The lowest BCUT2D eigenvalue weighted by molar-refractivity contribution is 0.675. The quantitative estimate of drug-likeness (QED) is 0.689. The molecule has 0 saturated heterocycles. The van der Waals surface area contributed by atoms with Crippen molar-refractivity contribution < 1.29 is 0 Å². The zero-order chi connectivity index (χ0) is 14.4. The third-order valence-corrected chi connectivity index (χ3v) is 4.42. The SMILES string of the molecule is CCCNCc1ccc(Sc2ccc(Cl)cc2)cc1Cl. The highest BCUT2D eigenvalue weighted by molar-refractivity contribution is 7.99. The number of nitrogens with one attached hydrogen (secondary N) is 1. The maximum Gasteiger partial charge on any atom is 0.0462 e. The highest BCUT2D eigenvalue weighted by Gasteiger charge is 2.03. The minimum Gasteiger partial charge on any atom is -0.313 e. The molecule has 0 aliphatic heterocycles. The minimum absolute atomic E-state index is 0.754. The van der Waals surface area contributed by atoms with Gasteiger partial charge < -0.3 is 5.32 Å². The van der Waals surface area contributed by atoms with Crippen molar-refractivity contribution in [2.75, 3.05) is 6.54 Å². The van der Waals surface area contributed by atoms with Gasteiger partial charge in [0.1, 0.15) is 0 Å². The molecule has 0 amide bonds. The van der Waals surface area contributed by atoms with Crippen LogP contribution in [0.15, 0.2) is 52.3 Å². The fourth-order valence-corrected chi connectivity index (χ4v) is 3.07. The van der Waals surface area contributed by atoms with E-state index in [0.29, 0.717) is 0 Å². The maximum absolute atomic E-state index is 6.33. The van der Waals surface area contributed by atoms with Crippen molar-refractivity contribution in [1.82, 2.24) is 5.32 Å². The summed E-state index contributed by atoms with van der Waals surface area (Å²) < 4.78 is 0. The Morgan fingerprint density at radius 3 is 2.35 bits per heavy atom. The van der Waals surface area contributed by atoms with Crippen molar-refractivity contribution in [3.05, 3.63) is 58.1 Å². The van der Waals surface area contributed by atoms with Crippen molar-refractivity contribution in [3.8, 4) is 0 Å². The molecule has 0 bridgehead atoms. The number of hydrogen-bond acceptors (Lipinski definition) is 2. The smallest absolute Gasteiger partial charge is 0.0462 e. The van der Waals surface area contributed by atoms with Crippen LogP contribution < -0.4 is 5.32 Å². The van der Waals surface area contributed by atoms with Gasteiger partial charge in [-0.1, -0.05) is 48.0 Å². The van der Waals surface area contributed by atoms with Gasteiger partial charge in [-0.2, -0.15) is 0 Å². The second-order valence-corrected chi connectivity index (χ2v) is 6.48. The first kappa shape index (κ1) is 15.7. The third kappa shape index (κ3) is 4.71. The Balaban J connectivity index is 2.03. The highest BCUT2D eigenvalue weighted by Crippen LogP contribution is 2.31. The third-order valence-electron chi connectivity index (χ3n) is 2.82. The Morgan fingerprint density at radius 1 is 1.00 bits per heavy atom. The van der Waals surface area contributed by atoms with Crippen LogP contribution in [0.25, 0.3) is 0 Å². The summed E-state index contributed by atoms with van der Waals surface area (Å²) in [5.41, 5.74) is 1.14. The molecule has 0 aliphatic carbocycles. The molecule has 1 N–H and O–H groups in total. The van der Waals surface area contributed by atoms with Crippen LogP contribution in [-0.2, 0) is 6.54 Å². The van der Waals surface area contributed by atoms with Crippen LogP contribution in [0.5, 0.6) is 0 Å². The number of halogens is 2. The van der Waals surface area contributed by atoms with Crippen molar-refractivity contribution >= 4 is 35.0 Å². The lowest BCUT2D eigenvalue weighted by atomic mass is 10.2. The van der Waals surface area contributed by atoms with Gasteiger partial charge in [0.2, 0.25) is 0 Å². The molecule has 2 aromatic rings. The average Bonchev–Trinajstić information content (AvgIpc) is 2.44. The Morgan fingerprint density at radius 2 is 1.70 bits per heavy atom. The normalized spacial score (nSPS) is 10.8. The molecule has 0 atom stereocenters. The van der Waals surface area contributed by atoms with Gasteiger partial charge in [0.25, 0.3) is 0 Å². The lowest BCUT2D eigenvalue weighted by Gasteiger charge is -2.08. The van der Waals surface area contributed by atoms with Crippen LogP contribution in [0.2, 0.25) is 10.0 Å². The predicted octanol–water partition coefficient (Wildman–Crippen LogP) is 5.64. The Bertz CT molecular complexity index is 555. The molecule has 0 spiro atoms. The number of rotatable bonds is 6. The molecule has 20 heavy (non-hydrogen) atoms. The largest absolute Gasteiger partial charge is 0.313 e. The molecule has 0 radical (unpaired) electrons.